The maximum absolute atomic E-state index is 12.9. The predicted octanol–water partition coefficient (Wildman–Crippen LogP) is 6.42. The van der Waals surface area contributed by atoms with E-state index >= 15 is 0 Å². The molecule has 4 aromatic carbocycles. The third-order valence-electron chi connectivity index (χ3n) is 6.15. The van der Waals surface area contributed by atoms with Crippen molar-refractivity contribution >= 4 is 74.3 Å². The van der Waals surface area contributed by atoms with Gasteiger partial charge in [0, 0.05) is 21.3 Å². The van der Waals surface area contributed by atoms with Crippen molar-refractivity contribution in [2.45, 2.75) is 6.92 Å². The predicted molar refractivity (Wildman–Crippen MR) is 168 cm³/mol. The number of anilines is 2. The number of rotatable bonds is 7. The first-order valence-electron chi connectivity index (χ1n) is 12.9. The Morgan fingerprint density at radius 3 is 2.30 bits per heavy atom. The number of thiophene rings is 1. The number of benzene rings is 4. The van der Waals surface area contributed by atoms with Gasteiger partial charge >= 0.3 is 17.8 Å². The number of nitrogens with zero attached hydrogens (tertiary/aromatic N) is 1. The minimum atomic E-state index is -1.07. The van der Waals surface area contributed by atoms with E-state index in [1.54, 1.807) is 48.5 Å². The first-order chi connectivity index (χ1) is 20.8. The Labute approximate surface area is 255 Å². The molecule has 0 radical (unpaired) electrons. The molecule has 0 spiro atoms. The van der Waals surface area contributed by atoms with Gasteiger partial charge in [-0.15, -0.1) is 11.3 Å². The van der Waals surface area contributed by atoms with Crippen LogP contribution in [0, 0.1) is 6.92 Å². The maximum atomic E-state index is 12.9. The van der Waals surface area contributed by atoms with Gasteiger partial charge in [0.15, 0.2) is 0 Å². The van der Waals surface area contributed by atoms with Gasteiger partial charge in [0.1, 0.15) is 10.6 Å². The Kier molecular flexibility index (Phi) is 8.90. The molecule has 3 N–H and O–H groups in total. The highest BCUT2D eigenvalue weighted by atomic mass is 35.5. The molecular formula is C32H23ClN4O5S. The zero-order valence-corrected chi connectivity index (χ0v) is 24.2. The molecule has 214 valence electrons. The van der Waals surface area contributed by atoms with Gasteiger partial charge in [-0.3, -0.25) is 14.4 Å². The van der Waals surface area contributed by atoms with E-state index in [0.717, 1.165) is 15.6 Å². The van der Waals surface area contributed by atoms with Crippen LogP contribution in [0.25, 0.3) is 10.1 Å². The van der Waals surface area contributed by atoms with Crippen LogP contribution in [0.2, 0.25) is 5.02 Å². The zero-order chi connectivity index (χ0) is 30.3. The lowest BCUT2D eigenvalue weighted by molar-refractivity contribution is -0.136. The fourth-order valence-electron chi connectivity index (χ4n) is 3.99. The van der Waals surface area contributed by atoms with Crippen LogP contribution in [0.3, 0.4) is 0 Å². The number of esters is 1. The van der Waals surface area contributed by atoms with Crippen molar-refractivity contribution in [1.82, 2.24) is 5.43 Å². The summed E-state index contributed by atoms with van der Waals surface area (Å²) in [6, 6.07) is 27.5. The summed E-state index contributed by atoms with van der Waals surface area (Å²) in [6.07, 6.45) is 1.24. The number of aryl methyl sites for hydroxylation is 1. The maximum Gasteiger partial charge on any atom is 0.355 e. The van der Waals surface area contributed by atoms with E-state index in [1.807, 2.05) is 43.3 Å². The number of carbonyl (C=O) groups excluding carboxylic acids is 4. The van der Waals surface area contributed by atoms with E-state index in [0.29, 0.717) is 16.3 Å². The summed E-state index contributed by atoms with van der Waals surface area (Å²) in [5.74, 6) is -3.03. The lowest BCUT2D eigenvalue weighted by Crippen LogP contribution is -2.33. The minimum absolute atomic E-state index is 0.147. The molecule has 11 heteroatoms. The average molecular weight is 611 g/mol. The number of carbonyl (C=O) groups is 4. The van der Waals surface area contributed by atoms with Gasteiger partial charge in [-0.05, 0) is 49.4 Å². The molecule has 0 aliphatic heterocycles. The minimum Gasteiger partial charge on any atom is -0.422 e. The molecule has 3 amide bonds. The molecular weight excluding hydrogens is 588 g/mol. The van der Waals surface area contributed by atoms with Gasteiger partial charge in [0.05, 0.1) is 22.5 Å². The lowest BCUT2D eigenvalue weighted by Gasteiger charge is -2.11. The van der Waals surface area contributed by atoms with E-state index in [4.69, 9.17) is 16.3 Å². The van der Waals surface area contributed by atoms with Crippen molar-refractivity contribution in [3.63, 3.8) is 0 Å². The summed E-state index contributed by atoms with van der Waals surface area (Å²) < 4.78 is 6.43. The summed E-state index contributed by atoms with van der Waals surface area (Å²) in [7, 11) is 0. The summed E-state index contributed by atoms with van der Waals surface area (Å²) >= 11 is 7.63. The van der Waals surface area contributed by atoms with Gasteiger partial charge in [-0.2, -0.15) is 5.10 Å². The van der Waals surface area contributed by atoms with E-state index in [2.05, 4.69) is 21.2 Å². The first-order valence-corrected chi connectivity index (χ1v) is 14.1. The van der Waals surface area contributed by atoms with E-state index in [-0.39, 0.29) is 21.9 Å². The van der Waals surface area contributed by atoms with Crippen LogP contribution < -0.4 is 20.8 Å². The summed E-state index contributed by atoms with van der Waals surface area (Å²) in [5, 5.41) is 10.1. The van der Waals surface area contributed by atoms with E-state index < -0.39 is 23.7 Å². The molecule has 0 aliphatic rings. The van der Waals surface area contributed by atoms with Gasteiger partial charge in [-0.1, -0.05) is 71.8 Å². The highest BCUT2D eigenvalue weighted by Gasteiger charge is 2.20. The van der Waals surface area contributed by atoms with Crippen LogP contribution >= 0.6 is 22.9 Å². The quantitative estimate of drug-likeness (QED) is 0.0644. The second kappa shape index (κ2) is 13.1. The Balaban J connectivity index is 1.22. The Morgan fingerprint density at radius 1 is 0.814 bits per heavy atom. The van der Waals surface area contributed by atoms with Crippen LogP contribution in [0.1, 0.15) is 31.2 Å². The monoisotopic (exact) mass is 610 g/mol. The van der Waals surface area contributed by atoms with Crippen LogP contribution in [-0.4, -0.2) is 29.9 Å². The molecule has 0 saturated carbocycles. The van der Waals surface area contributed by atoms with Crippen molar-refractivity contribution in [3.8, 4) is 5.75 Å². The zero-order valence-electron chi connectivity index (χ0n) is 22.6. The number of hydrazone groups is 1. The van der Waals surface area contributed by atoms with Crippen molar-refractivity contribution in [3.05, 3.63) is 124 Å². The van der Waals surface area contributed by atoms with Crippen molar-refractivity contribution in [2.24, 2.45) is 5.10 Å². The first kappa shape index (κ1) is 29.2. The molecule has 0 unspecified atom stereocenters. The van der Waals surface area contributed by atoms with Gasteiger partial charge < -0.3 is 15.4 Å². The van der Waals surface area contributed by atoms with Crippen molar-refractivity contribution in [1.29, 1.82) is 0 Å². The number of hydrogen-bond donors (Lipinski definition) is 3. The standard InChI is InChI=1S/C32H23ClN4O5S/c1-19-14-16-21(17-15-19)35-29(38)22-9-3-5-11-24(22)36-30(39)31(40)37-34-18-20-8-2-6-12-25(20)42-32(41)28-27(33)23-10-4-7-13-26(23)43-28/h2-18H,1H3,(H,35,38)(H,36,39)(H,37,40)/b34-18-. The molecule has 5 aromatic rings. The molecule has 9 nitrogen and oxygen atoms in total. The highest BCUT2D eigenvalue weighted by Crippen LogP contribution is 2.36. The Morgan fingerprint density at radius 2 is 1.51 bits per heavy atom. The smallest absolute Gasteiger partial charge is 0.355 e. The Bertz CT molecular complexity index is 1880. The van der Waals surface area contributed by atoms with Crippen LogP contribution in [0.5, 0.6) is 5.75 Å². The van der Waals surface area contributed by atoms with Crippen molar-refractivity contribution < 1.29 is 23.9 Å². The molecule has 1 heterocycles. The SMILES string of the molecule is Cc1ccc(NC(=O)c2ccccc2NC(=O)C(=O)N/N=C\c2ccccc2OC(=O)c2sc3ccccc3c2Cl)cc1. The van der Waals surface area contributed by atoms with Gasteiger partial charge in [0.2, 0.25) is 0 Å². The van der Waals surface area contributed by atoms with Gasteiger partial charge in [-0.25, -0.2) is 10.2 Å². The van der Waals surface area contributed by atoms with Crippen LogP contribution in [0.4, 0.5) is 11.4 Å². The fourth-order valence-corrected chi connectivity index (χ4v) is 5.37. The highest BCUT2D eigenvalue weighted by molar-refractivity contribution is 7.21. The molecule has 1 aromatic heterocycles. The molecule has 0 bridgehead atoms. The number of amides is 3. The lowest BCUT2D eigenvalue weighted by atomic mass is 10.1. The third-order valence-corrected chi connectivity index (χ3v) is 7.80. The van der Waals surface area contributed by atoms with Crippen molar-refractivity contribution in [2.75, 3.05) is 10.6 Å². The number of halogens is 1. The summed E-state index contributed by atoms with van der Waals surface area (Å²) in [5.41, 5.74) is 4.45. The molecule has 43 heavy (non-hydrogen) atoms. The second-order valence-electron chi connectivity index (χ2n) is 9.19. The molecule has 0 saturated heterocycles. The Hall–Kier alpha value is -5.32. The summed E-state index contributed by atoms with van der Waals surface area (Å²) in [6.45, 7) is 1.93. The largest absolute Gasteiger partial charge is 0.422 e. The number of para-hydroxylation sites is 2. The van der Waals surface area contributed by atoms with Gasteiger partial charge in [0.25, 0.3) is 5.91 Å². The number of nitrogens with one attached hydrogen (secondary N) is 3. The summed E-state index contributed by atoms with van der Waals surface area (Å²) in [4.78, 5) is 51.1. The van der Waals surface area contributed by atoms with Crippen LogP contribution in [0.15, 0.2) is 102 Å². The normalized spacial score (nSPS) is 10.8. The van der Waals surface area contributed by atoms with E-state index in [1.165, 1.54) is 29.7 Å². The average Bonchev–Trinajstić information content (AvgIpc) is 3.35. The molecule has 0 aliphatic carbocycles. The number of hydrogen-bond acceptors (Lipinski definition) is 7. The number of fused-ring (bicyclic) bond motifs is 1. The number of ether oxygens (including phenoxy) is 1. The molecule has 5 rings (SSSR count). The van der Waals surface area contributed by atoms with E-state index in [9.17, 15) is 19.2 Å². The second-order valence-corrected chi connectivity index (χ2v) is 10.6. The molecule has 0 fully saturated rings. The molecule has 0 atom stereocenters. The fraction of sp³-hybridized carbons (Fsp3) is 0.0312. The third kappa shape index (κ3) is 6.95. The topological polar surface area (TPSA) is 126 Å². The van der Waals surface area contributed by atoms with Crippen LogP contribution in [-0.2, 0) is 9.59 Å².